The molecule has 1 saturated heterocycles. The van der Waals surface area contributed by atoms with Gasteiger partial charge in [0, 0.05) is 38.0 Å². The Morgan fingerprint density at radius 3 is 2.03 bits per heavy atom. The molecule has 29 heavy (non-hydrogen) atoms. The first-order valence-corrected chi connectivity index (χ1v) is 10.8. The van der Waals surface area contributed by atoms with Gasteiger partial charge in [0.2, 0.25) is 5.91 Å². The van der Waals surface area contributed by atoms with Gasteiger partial charge in [0.15, 0.2) is 0 Å². The number of nitrogens with one attached hydrogen (secondary N) is 1. The number of benzene rings is 2. The third-order valence-electron chi connectivity index (χ3n) is 5.63. The lowest BCUT2D eigenvalue weighted by atomic mass is 9.88. The lowest BCUT2D eigenvalue weighted by Crippen LogP contribution is -2.49. The summed E-state index contributed by atoms with van der Waals surface area (Å²) in [6.45, 7) is 8.66. The normalized spacial score (nSPS) is 16.1. The number of amides is 1. The van der Waals surface area contributed by atoms with Crippen molar-refractivity contribution in [3.63, 3.8) is 0 Å². The minimum absolute atomic E-state index is 0.0735. The summed E-state index contributed by atoms with van der Waals surface area (Å²) in [7, 11) is 0. The highest BCUT2D eigenvalue weighted by Gasteiger charge is 2.23. The topological polar surface area (TPSA) is 41.6 Å². The van der Waals surface area contributed by atoms with Crippen molar-refractivity contribution in [3.05, 3.63) is 71.8 Å². The third kappa shape index (κ3) is 6.69. The average molecular weight is 395 g/mol. The van der Waals surface area contributed by atoms with Gasteiger partial charge >= 0.3 is 0 Å². The predicted octanol–water partition coefficient (Wildman–Crippen LogP) is 4.07. The molecule has 0 aromatic heterocycles. The van der Waals surface area contributed by atoms with Crippen molar-refractivity contribution in [1.29, 1.82) is 0 Å². The second-order valence-electron chi connectivity index (χ2n) is 8.31. The molecule has 1 atom stereocenters. The van der Waals surface area contributed by atoms with Gasteiger partial charge in [-0.25, -0.2) is 0 Å². The highest BCUT2D eigenvalue weighted by molar-refractivity contribution is 5.77. The van der Waals surface area contributed by atoms with E-state index >= 15 is 0 Å². The van der Waals surface area contributed by atoms with E-state index in [-0.39, 0.29) is 11.8 Å². The Bertz CT molecular complexity index is 688. The van der Waals surface area contributed by atoms with Gasteiger partial charge in [-0.2, -0.15) is 0 Å². The molecule has 0 aliphatic carbocycles. The van der Waals surface area contributed by atoms with Crippen LogP contribution in [-0.2, 0) is 9.53 Å². The van der Waals surface area contributed by atoms with Crippen LogP contribution in [0.3, 0.4) is 0 Å². The lowest BCUT2D eigenvalue weighted by molar-refractivity contribution is -0.121. The maximum Gasteiger partial charge on any atom is 0.221 e. The molecule has 2 aromatic rings. The minimum atomic E-state index is 0.0735. The number of carbonyl (C=O) groups excluding carboxylic acids is 1. The average Bonchev–Trinajstić information content (AvgIpc) is 2.76. The Balaban J connectivity index is 1.64. The van der Waals surface area contributed by atoms with Crippen molar-refractivity contribution < 1.29 is 9.53 Å². The van der Waals surface area contributed by atoms with Crippen LogP contribution in [0, 0.1) is 5.92 Å². The van der Waals surface area contributed by atoms with Gasteiger partial charge in [0.05, 0.1) is 13.2 Å². The van der Waals surface area contributed by atoms with E-state index in [0.717, 1.165) is 32.7 Å². The SMILES string of the molecule is CC(C)CC(CNC(=O)CC(c1ccccc1)c1ccccc1)N1CCOCC1. The maximum absolute atomic E-state index is 12.9. The van der Waals surface area contributed by atoms with Crippen LogP contribution in [0.5, 0.6) is 0 Å². The van der Waals surface area contributed by atoms with Gasteiger partial charge in [-0.15, -0.1) is 0 Å². The summed E-state index contributed by atoms with van der Waals surface area (Å²) in [4.78, 5) is 15.4. The van der Waals surface area contributed by atoms with Crippen LogP contribution in [-0.4, -0.2) is 49.7 Å². The minimum Gasteiger partial charge on any atom is -0.379 e. The number of carbonyl (C=O) groups is 1. The standard InChI is InChI=1S/C25H34N2O2/c1-20(2)17-23(27-13-15-29-16-14-27)19-26-25(28)18-24(21-9-5-3-6-10-21)22-11-7-4-8-12-22/h3-12,20,23-24H,13-19H2,1-2H3,(H,26,28). The first-order valence-electron chi connectivity index (χ1n) is 10.8. The molecule has 4 heteroatoms. The molecule has 156 valence electrons. The Morgan fingerprint density at radius 2 is 1.52 bits per heavy atom. The van der Waals surface area contributed by atoms with Crippen molar-refractivity contribution in [2.45, 2.75) is 38.6 Å². The molecule has 1 heterocycles. The number of morpholine rings is 1. The summed E-state index contributed by atoms with van der Waals surface area (Å²) >= 11 is 0. The molecule has 4 nitrogen and oxygen atoms in total. The zero-order chi connectivity index (χ0) is 20.5. The van der Waals surface area contributed by atoms with Crippen LogP contribution in [0.4, 0.5) is 0 Å². The summed E-state index contributed by atoms with van der Waals surface area (Å²) in [5.41, 5.74) is 2.36. The molecule has 0 bridgehead atoms. The highest BCUT2D eigenvalue weighted by atomic mass is 16.5. The first-order chi connectivity index (χ1) is 14.1. The van der Waals surface area contributed by atoms with E-state index in [4.69, 9.17) is 4.74 Å². The molecule has 1 aliphatic heterocycles. The van der Waals surface area contributed by atoms with Crippen LogP contribution in [0.25, 0.3) is 0 Å². The smallest absolute Gasteiger partial charge is 0.221 e. The van der Waals surface area contributed by atoms with E-state index in [1.54, 1.807) is 0 Å². The molecule has 0 spiro atoms. The van der Waals surface area contributed by atoms with Gasteiger partial charge in [-0.1, -0.05) is 74.5 Å². The van der Waals surface area contributed by atoms with E-state index < -0.39 is 0 Å². The Labute approximate surface area is 175 Å². The highest BCUT2D eigenvalue weighted by Crippen LogP contribution is 2.27. The lowest BCUT2D eigenvalue weighted by Gasteiger charge is -2.35. The summed E-state index contributed by atoms with van der Waals surface area (Å²) in [5, 5.41) is 3.23. The van der Waals surface area contributed by atoms with Gasteiger partial charge in [0.25, 0.3) is 0 Å². The second-order valence-corrected chi connectivity index (χ2v) is 8.31. The Morgan fingerprint density at radius 1 is 0.966 bits per heavy atom. The molecule has 1 aliphatic rings. The summed E-state index contributed by atoms with van der Waals surface area (Å²) in [6, 6.07) is 21.0. The van der Waals surface area contributed by atoms with Crippen LogP contribution < -0.4 is 5.32 Å². The molecule has 1 unspecified atom stereocenters. The van der Waals surface area contributed by atoms with Gasteiger partial charge in [-0.3, -0.25) is 9.69 Å². The molecule has 1 N–H and O–H groups in total. The molecule has 3 rings (SSSR count). The van der Waals surface area contributed by atoms with Crippen LogP contribution in [0.1, 0.15) is 43.7 Å². The number of ether oxygens (including phenoxy) is 1. The summed E-state index contributed by atoms with van der Waals surface area (Å²) < 4.78 is 5.50. The van der Waals surface area contributed by atoms with Crippen LogP contribution in [0.15, 0.2) is 60.7 Å². The van der Waals surface area contributed by atoms with Crippen LogP contribution in [0.2, 0.25) is 0 Å². The molecular weight excluding hydrogens is 360 g/mol. The zero-order valence-electron chi connectivity index (χ0n) is 17.7. The predicted molar refractivity (Wildman–Crippen MR) is 118 cm³/mol. The summed E-state index contributed by atoms with van der Waals surface area (Å²) in [6.07, 6.45) is 1.55. The molecular formula is C25H34N2O2. The molecule has 1 amide bonds. The molecule has 0 saturated carbocycles. The third-order valence-corrected chi connectivity index (χ3v) is 5.63. The van der Waals surface area contributed by atoms with Crippen molar-refractivity contribution in [2.75, 3.05) is 32.8 Å². The molecule has 2 aromatic carbocycles. The Kier molecular flexibility index (Phi) is 8.26. The number of nitrogens with zero attached hydrogens (tertiary/aromatic N) is 1. The summed E-state index contributed by atoms with van der Waals surface area (Å²) in [5.74, 6) is 0.787. The van der Waals surface area contributed by atoms with Crippen molar-refractivity contribution in [3.8, 4) is 0 Å². The van der Waals surface area contributed by atoms with Gasteiger partial charge < -0.3 is 10.1 Å². The second kappa shape index (κ2) is 11.1. The van der Waals surface area contributed by atoms with E-state index in [2.05, 4.69) is 48.3 Å². The Hall–Kier alpha value is -2.17. The van der Waals surface area contributed by atoms with E-state index in [0.29, 0.717) is 24.9 Å². The number of rotatable bonds is 9. The van der Waals surface area contributed by atoms with Crippen LogP contribution >= 0.6 is 0 Å². The van der Waals surface area contributed by atoms with Crippen molar-refractivity contribution in [2.24, 2.45) is 5.92 Å². The molecule has 0 radical (unpaired) electrons. The van der Waals surface area contributed by atoms with Gasteiger partial charge in [-0.05, 0) is 23.5 Å². The fourth-order valence-electron chi connectivity index (χ4n) is 4.14. The number of hydrogen-bond acceptors (Lipinski definition) is 3. The van der Waals surface area contributed by atoms with Crippen molar-refractivity contribution >= 4 is 5.91 Å². The molecule has 1 fully saturated rings. The quantitative estimate of drug-likeness (QED) is 0.697. The monoisotopic (exact) mass is 394 g/mol. The van der Waals surface area contributed by atoms with E-state index in [1.807, 2.05) is 36.4 Å². The first kappa shape index (κ1) is 21.5. The van der Waals surface area contributed by atoms with E-state index in [1.165, 1.54) is 11.1 Å². The maximum atomic E-state index is 12.9. The van der Waals surface area contributed by atoms with E-state index in [9.17, 15) is 4.79 Å². The number of hydrogen-bond donors (Lipinski definition) is 1. The largest absolute Gasteiger partial charge is 0.379 e. The fourth-order valence-corrected chi connectivity index (χ4v) is 4.14. The van der Waals surface area contributed by atoms with Crippen molar-refractivity contribution in [1.82, 2.24) is 10.2 Å². The zero-order valence-corrected chi connectivity index (χ0v) is 17.7. The fraction of sp³-hybridized carbons (Fsp3) is 0.480. The van der Waals surface area contributed by atoms with Gasteiger partial charge in [0.1, 0.15) is 0 Å².